The van der Waals surface area contributed by atoms with Gasteiger partial charge in [-0.1, -0.05) is 57.2 Å². The molecule has 0 N–H and O–H groups in total. The van der Waals surface area contributed by atoms with Gasteiger partial charge in [-0.25, -0.2) is 9.69 Å². The number of alkyl halides is 3. The van der Waals surface area contributed by atoms with Crippen LogP contribution in [0, 0.1) is 0 Å². The lowest BCUT2D eigenvalue weighted by atomic mass is 9.92. The highest BCUT2D eigenvalue weighted by atomic mass is 19.4. The van der Waals surface area contributed by atoms with E-state index in [1.165, 1.54) is 17.0 Å². The van der Waals surface area contributed by atoms with Gasteiger partial charge in [-0.3, -0.25) is 14.3 Å². The van der Waals surface area contributed by atoms with E-state index in [0.717, 1.165) is 28.3 Å². The van der Waals surface area contributed by atoms with Gasteiger partial charge in [-0.2, -0.15) is 18.3 Å². The zero-order valence-electron chi connectivity index (χ0n) is 22.2. The summed E-state index contributed by atoms with van der Waals surface area (Å²) >= 11 is 0. The second-order valence-corrected chi connectivity index (χ2v) is 11.6. The third-order valence-corrected chi connectivity index (χ3v) is 7.90. The van der Waals surface area contributed by atoms with E-state index in [4.69, 9.17) is 5.10 Å². The van der Waals surface area contributed by atoms with Crippen LogP contribution in [0.1, 0.15) is 54.5 Å². The summed E-state index contributed by atoms with van der Waals surface area (Å²) in [6.45, 7) is 6.65. The molecule has 0 spiro atoms. The summed E-state index contributed by atoms with van der Waals surface area (Å²) < 4.78 is 41.6. The molecule has 4 heterocycles. The Morgan fingerprint density at radius 1 is 1.00 bits per heavy atom. The van der Waals surface area contributed by atoms with Crippen LogP contribution in [0.25, 0.3) is 0 Å². The number of piperazine rings is 1. The number of hydrogen-bond donors (Lipinski definition) is 0. The topological polar surface area (TPSA) is 78.8 Å². The van der Waals surface area contributed by atoms with Gasteiger partial charge in [0.1, 0.15) is 11.7 Å². The van der Waals surface area contributed by atoms with Gasteiger partial charge >= 0.3 is 12.2 Å². The molecule has 4 amide bonds. The van der Waals surface area contributed by atoms with Crippen molar-refractivity contribution in [3.8, 4) is 0 Å². The van der Waals surface area contributed by atoms with E-state index in [-0.39, 0.29) is 23.6 Å². The first kappa shape index (κ1) is 26.1. The van der Waals surface area contributed by atoms with E-state index >= 15 is 0 Å². The lowest BCUT2D eigenvalue weighted by Crippen LogP contribution is -2.55. The number of benzene rings is 2. The number of nitrogens with zero attached hydrogens (tertiary/aromatic N) is 5. The van der Waals surface area contributed by atoms with Gasteiger partial charge in [0.2, 0.25) is 0 Å². The lowest BCUT2D eigenvalue weighted by molar-refractivity contribution is -0.137. The predicted molar refractivity (Wildman–Crippen MR) is 140 cm³/mol. The van der Waals surface area contributed by atoms with Crippen LogP contribution in [0.15, 0.2) is 60.7 Å². The van der Waals surface area contributed by atoms with Crippen molar-refractivity contribution in [3.63, 3.8) is 0 Å². The highest BCUT2D eigenvalue weighted by Crippen LogP contribution is 2.43. The molecule has 2 unspecified atom stereocenters. The number of likely N-dealkylation sites (tertiary alicyclic amines) is 1. The zero-order valence-corrected chi connectivity index (χ0v) is 22.2. The van der Waals surface area contributed by atoms with Crippen LogP contribution < -0.4 is 4.90 Å². The fourth-order valence-corrected chi connectivity index (χ4v) is 5.93. The minimum Gasteiger partial charge on any atom is -0.330 e. The molecule has 208 valence electrons. The first-order valence-corrected chi connectivity index (χ1v) is 13.1. The zero-order chi connectivity index (χ0) is 28.6. The van der Waals surface area contributed by atoms with Gasteiger partial charge in [0, 0.05) is 12.0 Å². The molecule has 3 aliphatic heterocycles. The predicted octanol–water partition coefficient (Wildman–Crippen LogP) is 4.68. The van der Waals surface area contributed by atoms with Crippen LogP contribution in [0.5, 0.6) is 0 Å². The highest BCUT2D eigenvalue weighted by Gasteiger charge is 2.63. The van der Waals surface area contributed by atoms with Crippen LogP contribution in [0.4, 0.5) is 23.7 Å². The van der Waals surface area contributed by atoms with E-state index in [9.17, 15) is 27.6 Å². The SMILES string of the molecule is CC(C)(C)c1cc(C(=O)N2CC3CC2[C@@H]2C(=O)N(c4cccc(C(F)(F)F)c4)C(=O)N32)n(Cc2ccccc2)n1. The van der Waals surface area contributed by atoms with E-state index in [2.05, 4.69) is 0 Å². The summed E-state index contributed by atoms with van der Waals surface area (Å²) in [7, 11) is 0. The van der Waals surface area contributed by atoms with Crippen molar-refractivity contribution in [1.29, 1.82) is 0 Å². The lowest BCUT2D eigenvalue weighted by Gasteiger charge is -2.34. The largest absolute Gasteiger partial charge is 0.416 e. The molecular formula is C29H28F3N5O3. The molecule has 2 bridgehead atoms. The molecule has 8 nitrogen and oxygen atoms in total. The van der Waals surface area contributed by atoms with Crippen molar-refractivity contribution in [3.05, 3.63) is 83.2 Å². The quantitative estimate of drug-likeness (QED) is 0.441. The second kappa shape index (κ2) is 8.94. The number of halogens is 3. The van der Waals surface area contributed by atoms with Gasteiger partial charge in [-0.05, 0) is 36.2 Å². The molecule has 40 heavy (non-hydrogen) atoms. The van der Waals surface area contributed by atoms with Crippen LogP contribution >= 0.6 is 0 Å². The number of carbonyl (C=O) groups excluding carboxylic acids is 3. The molecule has 11 heteroatoms. The van der Waals surface area contributed by atoms with E-state index < -0.39 is 41.8 Å². The van der Waals surface area contributed by atoms with Crippen molar-refractivity contribution >= 4 is 23.5 Å². The molecule has 3 aliphatic rings. The average Bonchev–Trinajstić information content (AvgIpc) is 3.65. The average molecular weight is 552 g/mol. The Kier molecular flexibility index (Phi) is 5.83. The highest BCUT2D eigenvalue weighted by molar-refractivity contribution is 6.22. The number of carbonyl (C=O) groups is 3. The molecule has 0 aliphatic carbocycles. The summed E-state index contributed by atoms with van der Waals surface area (Å²) in [5.74, 6) is -0.911. The van der Waals surface area contributed by atoms with Gasteiger partial charge in [0.15, 0.2) is 0 Å². The molecule has 6 rings (SSSR count). The van der Waals surface area contributed by atoms with Crippen molar-refractivity contribution in [2.24, 2.45) is 0 Å². The first-order valence-electron chi connectivity index (χ1n) is 13.1. The Morgan fingerprint density at radius 3 is 2.40 bits per heavy atom. The number of fused-ring (bicyclic) bond motifs is 5. The molecule has 1 aromatic heterocycles. The summed E-state index contributed by atoms with van der Waals surface area (Å²) in [5.41, 5.74) is 0.727. The minimum absolute atomic E-state index is 0.132. The summed E-state index contributed by atoms with van der Waals surface area (Å²) in [5, 5.41) is 4.74. The van der Waals surface area contributed by atoms with Gasteiger partial charge in [0.05, 0.1) is 35.6 Å². The molecule has 3 saturated heterocycles. The second-order valence-electron chi connectivity index (χ2n) is 11.6. The van der Waals surface area contributed by atoms with Gasteiger partial charge in [0.25, 0.3) is 11.8 Å². The van der Waals surface area contributed by atoms with Crippen molar-refractivity contribution in [2.45, 2.75) is 63.5 Å². The molecule has 3 fully saturated rings. The Morgan fingerprint density at radius 2 is 1.73 bits per heavy atom. The van der Waals surface area contributed by atoms with Gasteiger partial charge in [-0.15, -0.1) is 0 Å². The smallest absolute Gasteiger partial charge is 0.330 e. The molecule has 2 aromatic carbocycles. The molecule has 0 saturated carbocycles. The van der Waals surface area contributed by atoms with Crippen molar-refractivity contribution in [1.82, 2.24) is 19.6 Å². The van der Waals surface area contributed by atoms with Crippen molar-refractivity contribution in [2.75, 3.05) is 11.4 Å². The number of aromatic nitrogens is 2. The maximum absolute atomic E-state index is 14.0. The Bertz CT molecular complexity index is 1510. The minimum atomic E-state index is -4.62. The van der Waals surface area contributed by atoms with Crippen molar-refractivity contribution < 1.29 is 27.6 Å². The number of anilines is 1. The summed E-state index contributed by atoms with van der Waals surface area (Å²) in [4.78, 5) is 44.7. The monoisotopic (exact) mass is 551 g/mol. The van der Waals surface area contributed by atoms with Crippen LogP contribution in [0.2, 0.25) is 0 Å². The maximum atomic E-state index is 14.0. The number of amides is 4. The number of hydrogen-bond acceptors (Lipinski definition) is 4. The van der Waals surface area contributed by atoms with E-state index in [1.54, 1.807) is 15.6 Å². The van der Waals surface area contributed by atoms with Gasteiger partial charge < -0.3 is 9.80 Å². The standard InChI is InChI=1S/C29H28F3N5O3/c1-28(2,3)23-14-22(35(33-23)15-17-8-5-4-6-9-17)25(38)34-16-20-13-21(34)24-26(39)37(27(40)36(20)24)19-11-7-10-18(12-19)29(30,31)32/h4-12,14,20-21,24H,13,15-16H2,1-3H3/t20?,21?,24-/m1/s1. The molecule has 0 radical (unpaired) electrons. The van der Waals surface area contributed by atoms with Crippen LogP contribution in [-0.4, -0.2) is 62.1 Å². The molecule has 3 atom stereocenters. The first-order chi connectivity index (χ1) is 18.8. The van der Waals surface area contributed by atoms with E-state index in [0.29, 0.717) is 18.7 Å². The Hall–Kier alpha value is -4.15. The third-order valence-electron chi connectivity index (χ3n) is 7.90. The maximum Gasteiger partial charge on any atom is 0.416 e. The Balaban J connectivity index is 1.30. The summed E-state index contributed by atoms with van der Waals surface area (Å²) in [6, 6.07) is 13.0. The fraction of sp³-hybridized carbons (Fsp3) is 0.379. The normalized spacial score (nSPS) is 22.4. The Labute approximate surface area is 229 Å². The fourth-order valence-electron chi connectivity index (χ4n) is 5.93. The molecule has 3 aromatic rings. The van der Waals surface area contributed by atoms with E-state index in [1.807, 2.05) is 51.1 Å². The third kappa shape index (κ3) is 4.15. The van der Waals surface area contributed by atoms with Crippen LogP contribution in [0.3, 0.4) is 0 Å². The number of rotatable bonds is 4. The summed E-state index contributed by atoms with van der Waals surface area (Å²) in [6.07, 6.45) is -4.18. The van der Waals surface area contributed by atoms with Crippen LogP contribution in [-0.2, 0) is 22.9 Å². The number of imide groups is 1. The molecular weight excluding hydrogens is 523 g/mol. The number of urea groups is 1.